The number of hydrogen-bond donors (Lipinski definition) is 1. The lowest BCUT2D eigenvalue weighted by atomic mass is 10.2. The number of pyridine rings is 1. The van der Waals surface area contributed by atoms with Crippen molar-refractivity contribution in [3.8, 4) is 0 Å². The molecule has 0 aliphatic heterocycles. The molecule has 6 heteroatoms. The van der Waals surface area contributed by atoms with Gasteiger partial charge < -0.3 is 10.5 Å². The molecule has 2 N–H and O–H groups in total. The molecule has 0 fully saturated rings. The third-order valence-corrected chi connectivity index (χ3v) is 4.36. The van der Waals surface area contributed by atoms with Gasteiger partial charge in [0.05, 0.1) is 5.56 Å². The lowest BCUT2D eigenvalue weighted by Crippen LogP contribution is -2.21. The second kappa shape index (κ2) is 6.87. The van der Waals surface area contributed by atoms with Gasteiger partial charge >= 0.3 is 0 Å². The Morgan fingerprint density at radius 2 is 2.22 bits per heavy atom. The number of hydrogen-bond acceptors (Lipinski definition) is 4. The van der Waals surface area contributed by atoms with E-state index in [0.29, 0.717) is 23.1 Å². The fourth-order valence-electron chi connectivity index (χ4n) is 1.21. The largest absolute Gasteiger partial charge is 0.398 e. The van der Waals surface area contributed by atoms with E-state index in [1.165, 1.54) is 0 Å². The van der Waals surface area contributed by atoms with Crippen LogP contribution in [0.3, 0.4) is 0 Å². The summed E-state index contributed by atoms with van der Waals surface area (Å²) in [5, 5.41) is 0.362. The fraction of sp³-hybridized carbons (Fsp3) is 0.500. The summed E-state index contributed by atoms with van der Waals surface area (Å²) < 4.78 is 5.44. The van der Waals surface area contributed by atoms with Crippen molar-refractivity contribution in [3.05, 3.63) is 23.0 Å². The second-order valence-electron chi connectivity index (χ2n) is 5.26. The van der Waals surface area contributed by atoms with Crippen LogP contribution >= 0.6 is 11.6 Å². The molecule has 0 atom stereocenters. The van der Waals surface area contributed by atoms with Crippen molar-refractivity contribution in [2.24, 2.45) is 4.99 Å². The van der Waals surface area contributed by atoms with Gasteiger partial charge in [-0.2, -0.15) is 0 Å². The highest BCUT2D eigenvalue weighted by Gasteiger charge is 2.11. The fourth-order valence-corrected chi connectivity index (χ4v) is 2.18. The van der Waals surface area contributed by atoms with Gasteiger partial charge in [-0.25, -0.2) is 4.98 Å². The SMILES string of the molecule is C[Si](C)(C)CCOCN=Cc1c(N)ccnc1Cl. The molecule has 0 aliphatic rings. The highest BCUT2D eigenvalue weighted by Crippen LogP contribution is 2.16. The monoisotopic (exact) mass is 285 g/mol. The topological polar surface area (TPSA) is 60.5 Å². The molecular weight excluding hydrogens is 266 g/mol. The summed E-state index contributed by atoms with van der Waals surface area (Å²) in [6.07, 6.45) is 3.18. The van der Waals surface area contributed by atoms with Crippen LogP contribution in [-0.4, -0.2) is 32.6 Å². The molecule has 0 saturated heterocycles. The van der Waals surface area contributed by atoms with Crippen molar-refractivity contribution < 1.29 is 4.74 Å². The molecule has 0 bridgehead atoms. The zero-order valence-electron chi connectivity index (χ0n) is 11.1. The predicted octanol–water partition coefficient (Wildman–Crippen LogP) is 3.05. The maximum Gasteiger partial charge on any atom is 0.139 e. The van der Waals surface area contributed by atoms with Crippen LogP contribution in [0.1, 0.15) is 5.56 Å². The Kier molecular flexibility index (Phi) is 5.78. The van der Waals surface area contributed by atoms with Gasteiger partial charge in [0.15, 0.2) is 0 Å². The average molecular weight is 286 g/mol. The molecule has 1 aromatic heterocycles. The minimum atomic E-state index is -1.03. The van der Waals surface area contributed by atoms with E-state index in [1.54, 1.807) is 18.5 Å². The Labute approximate surface area is 114 Å². The van der Waals surface area contributed by atoms with Crippen molar-refractivity contribution >= 4 is 31.6 Å². The zero-order chi connectivity index (χ0) is 13.6. The van der Waals surface area contributed by atoms with E-state index in [4.69, 9.17) is 22.1 Å². The van der Waals surface area contributed by atoms with Gasteiger partial charge in [0.25, 0.3) is 0 Å². The van der Waals surface area contributed by atoms with Gasteiger partial charge in [0, 0.05) is 32.8 Å². The van der Waals surface area contributed by atoms with E-state index < -0.39 is 8.07 Å². The molecule has 100 valence electrons. The first-order chi connectivity index (χ1) is 8.40. The molecule has 0 saturated carbocycles. The van der Waals surface area contributed by atoms with Crippen LogP contribution in [0.25, 0.3) is 0 Å². The number of nitrogens with zero attached hydrogens (tertiary/aromatic N) is 2. The van der Waals surface area contributed by atoms with Gasteiger partial charge in [0.2, 0.25) is 0 Å². The third-order valence-electron chi connectivity index (χ3n) is 2.36. The number of ether oxygens (including phenoxy) is 1. The third kappa shape index (κ3) is 5.62. The number of nitrogens with two attached hydrogens (primary N) is 1. The molecule has 1 aromatic rings. The van der Waals surface area contributed by atoms with Gasteiger partial charge in [-0.1, -0.05) is 31.2 Å². The summed E-state index contributed by atoms with van der Waals surface area (Å²) in [6.45, 7) is 8.03. The van der Waals surface area contributed by atoms with Gasteiger partial charge in [-0.15, -0.1) is 0 Å². The highest BCUT2D eigenvalue weighted by atomic mass is 35.5. The summed E-state index contributed by atoms with van der Waals surface area (Å²) in [7, 11) is -1.03. The smallest absolute Gasteiger partial charge is 0.139 e. The van der Waals surface area contributed by atoms with E-state index in [2.05, 4.69) is 29.6 Å². The summed E-state index contributed by atoms with van der Waals surface area (Å²) in [4.78, 5) is 8.09. The predicted molar refractivity (Wildman–Crippen MR) is 80.2 cm³/mol. The Morgan fingerprint density at radius 1 is 1.50 bits per heavy atom. The van der Waals surface area contributed by atoms with Crippen LogP contribution < -0.4 is 5.73 Å². The molecule has 0 radical (unpaired) electrons. The van der Waals surface area contributed by atoms with Crippen LogP contribution in [0.15, 0.2) is 17.3 Å². The van der Waals surface area contributed by atoms with E-state index in [0.717, 1.165) is 12.7 Å². The molecule has 1 rings (SSSR count). The first kappa shape index (κ1) is 15.1. The zero-order valence-corrected chi connectivity index (χ0v) is 12.9. The van der Waals surface area contributed by atoms with Crippen molar-refractivity contribution in [1.29, 1.82) is 0 Å². The molecule has 0 unspecified atom stereocenters. The number of aromatic nitrogens is 1. The molecule has 1 heterocycles. The number of anilines is 1. The lowest BCUT2D eigenvalue weighted by Gasteiger charge is -2.14. The molecule has 0 amide bonds. The molecule has 18 heavy (non-hydrogen) atoms. The normalized spacial score (nSPS) is 12.2. The standard InChI is InChI=1S/C12H20ClN3OSi/c1-18(2,3)7-6-17-9-15-8-10-11(14)4-5-16-12(10)13/h4-5,8H,6-7,9H2,1-3H3,(H2,14,16). The van der Waals surface area contributed by atoms with Gasteiger partial charge in [-0.3, -0.25) is 4.99 Å². The maximum absolute atomic E-state index is 5.91. The van der Waals surface area contributed by atoms with Crippen molar-refractivity contribution in [2.75, 3.05) is 19.1 Å². The number of rotatable bonds is 6. The minimum Gasteiger partial charge on any atom is -0.398 e. The van der Waals surface area contributed by atoms with E-state index in [1.807, 2.05) is 0 Å². The van der Waals surface area contributed by atoms with Crippen molar-refractivity contribution in [3.63, 3.8) is 0 Å². The Bertz CT molecular complexity index is 398. The first-order valence-corrected chi connectivity index (χ1v) is 9.96. The summed E-state index contributed by atoms with van der Waals surface area (Å²) >= 11 is 5.91. The van der Waals surface area contributed by atoms with Crippen molar-refractivity contribution in [1.82, 2.24) is 4.98 Å². The Morgan fingerprint density at radius 3 is 2.83 bits per heavy atom. The maximum atomic E-state index is 5.91. The van der Waals surface area contributed by atoms with E-state index in [9.17, 15) is 0 Å². The van der Waals surface area contributed by atoms with Gasteiger partial charge in [-0.05, 0) is 12.1 Å². The number of aliphatic imine (C=N–C) groups is 1. The average Bonchev–Trinajstić information content (AvgIpc) is 2.25. The van der Waals surface area contributed by atoms with E-state index >= 15 is 0 Å². The summed E-state index contributed by atoms with van der Waals surface area (Å²) in [6, 6.07) is 2.83. The molecule has 0 aromatic carbocycles. The number of nitrogen functional groups attached to an aromatic ring is 1. The van der Waals surface area contributed by atoms with E-state index in [-0.39, 0.29) is 0 Å². The molecular formula is C12H20ClN3OSi. The summed E-state index contributed by atoms with van der Waals surface area (Å²) in [5.74, 6) is 0. The minimum absolute atomic E-state index is 0.329. The number of halogens is 1. The summed E-state index contributed by atoms with van der Waals surface area (Å²) in [5.41, 5.74) is 6.98. The second-order valence-corrected chi connectivity index (χ2v) is 11.2. The molecule has 4 nitrogen and oxygen atoms in total. The molecule has 0 aliphatic carbocycles. The van der Waals surface area contributed by atoms with Crippen LogP contribution in [0.5, 0.6) is 0 Å². The van der Waals surface area contributed by atoms with Crippen molar-refractivity contribution in [2.45, 2.75) is 25.7 Å². The first-order valence-electron chi connectivity index (χ1n) is 5.88. The van der Waals surface area contributed by atoms with Gasteiger partial charge in [0.1, 0.15) is 11.9 Å². The highest BCUT2D eigenvalue weighted by molar-refractivity contribution is 6.76. The van der Waals surface area contributed by atoms with Crippen LogP contribution in [-0.2, 0) is 4.74 Å². The lowest BCUT2D eigenvalue weighted by molar-refractivity contribution is 0.156. The van der Waals surface area contributed by atoms with Crippen LogP contribution in [0, 0.1) is 0 Å². The molecule has 0 spiro atoms. The Hall–Kier alpha value is -0.913. The van der Waals surface area contributed by atoms with Crippen LogP contribution in [0.2, 0.25) is 30.8 Å². The Balaban J connectivity index is 2.37. The van der Waals surface area contributed by atoms with Crippen LogP contribution in [0.4, 0.5) is 5.69 Å². The quantitative estimate of drug-likeness (QED) is 0.378.